The van der Waals surface area contributed by atoms with Gasteiger partial charge >= 0.3 is 0 Å². The van der Waals surface area contributed by atoms with Crippen LogP contribution in [0, 0.1) is 5.41 Å². The highest BCUT2D eigenvalue weighted by molar-refractivity contribution is 9.10. The third-order valence-corrected chi connectivity index (χ3v) is 5.88. The first-order chi connectivity index (χ1) is 9.00. The average Bonchev–Trinajstić information content (AvgIpc) is 2.36. The van der Waals surface area contributed by atoms with Gasteiger partial charge in [-0.25, -0.2) is 0 Å². The molecule has 3 heteroatoms. The average molecular weight is 342 g/mol. The van der Waals surface area contributed by atoms with Crippen molar-refractivity contribution in [2.24, 2.45) is 5.41 Å². The zero-order chi connectivity index (χ0) is 13.9. The Morgan fingerprint density at radius 1 is 1.37 bits per heavy atom. The van der Waals surface area contributed by atoms with Crippen LogP contribution in [0.15, 0.2) is 28.7 Å². The highest BCUT2D eigenvalue weighted by Gasteiger charge is 2.29. The maximum Gasteiger partial charge on any atom is 0.0320 e. The molecule has 0 saturated carbocycles. The van der Waals surface area contributed by atoms with Gasteiger partial charge in [0.05, 0.1) is 0 Å². The summed E-state index contributed by atoms with van der Waals surface area (Å²) >= 11 is 5.60. The number of hydrogen-bond donors (Lipinski definition) is 1. The van der Waals surface area contributed by atoms with Crippen molar-refractivity contribution in [3.63, 3.8) is 0 Å². The van der Waals surface area contributed by atoms with E-state index in [0.717, 1.165) is 10.9 Å². The molecule has 0 radical (unpaired) electrons. The van der Waals surface area contributed by atoms with Gasteiger partial charge < -0.3 is 5.32 Å². The summed E-state index contributed by atoms with van der Waals surface area (Å²) in [5.41, 5.74) is 1.87. The van der Waals surface area contributed by atoms with Crippen LogP contribution in [0.25, 0.3) is 0 Å². The molecule has 0 amide bonds. The highest BCUT2D eigenvalue weighted by Crippen LogP contribution is 2.34. The molecule has 1 aromatic rings. The lowest BCUT2D eigenvalue weighted by Gasteiger charge is -2.37. The lowest BCUT2D eigenvalue weighted by molar-refractivity contribution is 0.298. The number of nitrogens with one attached hydrogen (secondary N) is 1. The minimum atomic E-state index is 0.471. The Kier molecular flexibility index (Phi) is 5.38. The summed E-state index contributed by atoms with van der Waals surface area (Å²) in [4.78, 5) is 0. The largest absolute Gasteiger partial charge is 0.306 e. The van der Waals surface area contributed by atoms with E-state index in [1.807, 2.05) is 0 Å². The summed E-state index contributed by atoms with van der Waals surface area (Å²) in [5, 5.41) is 3.86. The predicted molar refractivity (Wildman–Crippen MR) is 89.8 cm³/mol. The molecular weight excluding hydrogens is 318 g/mol. The molecule has 106 valence electrons. The SMILES string of the molecule is CCC(NC1CSCC(C)(C)C1)c1ccc(Br)cc1. The van der Waals surface area contributed by atoms with Crippen molar-refractivity contribution >= 4 is 27.7 Å². The van der Waals surface area contributed by atoms with E-state index >= 15 is 0 Å². The zero-order valence-electron chi connectivity index (χ0n) is 12.1. The van der Waals surface area contributed by atoms with Gasteiger partial charge in [-0.3, -0.25) is 0 Å². The van der Waals surface area contributed by atoms with E-state index in [1.54, 1.807) is 0 Å². The van der Waals surface area contributed by atoms with Gasteiger partial charge in [-0.05, 0) is 41.7 Å². The van der Waals surface area contributed by atoms with Gasteiger partial charge in [0.15, 0.2) is 0 Å². The molecule has 1 heterocycles. The smallest absolute Gasteiger partial charge is 0.0320 e. The molecule has 1 aliphatic heterocycles. The van der Waals surface area contributed by atoms with Gasteiger partial charge in [-0.2, -0.15) is 11.8 Å². The Balaban J connectivity index is 2.01. The molecule has 0 bridgehead atoms. The topological polar surface area (TPSA) is 12.0 Å². The Morgan fingerprint density at radius 2 is 2.05 bits per heavy atom. The summed E-state index contributed by atoms with van der Waals surface area (Å²) in [6.07, 6.45) is 2.43. The van der Waals surface area contributed by atoms with Gasteiger partial charge in [0, 0.05) is 22.3 Å². The summed E-state index contributed by atoms with van der Waals surface area (Å²) in [6.45, 7) is 7.03. The van der Waals surface area contributed by atoms with Gasteiger partial charge in [0.2, 0.25) is 0 Å². The molecule has 0 aliphatic carbocycles. The summed E-state index contributed by atoms with van der Waals surface area (Å²) in [5.74, 6) is 2.54. The van der Waals surface area contributed by atoms with E-state index < -0.39 is 0 Å². The second kappa shape index (κ2) is 6.64. The van der Waals surface area contributed by atoms with Gasteiger partial charge in [0.1, 0.15) is 0 Å². The second-order valence-corrected chi connectivity index (χ2v) is 8.21. The minimum absolute atomic E-state index is 0.471. The summed E-state index contributed by atoms with van der Waals surface area (Å²) < 4.78 is 1.15. The molecule has 1 saturated heterocycles. The van der Waals surface area contributed by atoms with Crippen LogP contribution < -0.4 is 5.32 Å². The first kappa shape index (κ1) is 15.4. The van der Waals surface area contributed by atoms with Crippen LogP contribution in [0.2, 0.25) is 0 Å². The van der Waals surface area contributed by atoms with Crippen LogP contribution in [-0.4, -0.2) is 17.5 Å². The fraction of sp³-hybridized carbons (Fsp3) is 0.625. The van der Waals surface area contributed by atoms with E-state index in [1.165, 1.54) is 23.5 Å². The molecule has 1 nitrogen and oxygen atoms in total. The molecular formula is C16H24BrNS. The van der Waals surface area contributed by atoms with E-state index in [0.29, 0.717) is 17.5 Å². The third kappa shape index (κ3) is 4.51. The minimum Gasteiger partial charge on any atom is -0.306 e. The maximum absolute atomic E-state index is 3.86. The van der Waals surface area contributed by atoms with Crippen LogP contribution in [0.3, 0.4) is 0 Å². The van der Waals surface area contributed by atoms with E-state index in [4.69, 9.17) is 0 Å². The summed E-state index contributed by atoms with van der Waals surface area (Å²) in [7, 11) is 0. The van der Waals surface area contributed by atoms with Crippen LogP contribution >= 0.6 is 27.7 Å². The van der Waals surface area contributed by atoms with Crippen molar-refractivity contribution < 1.29 is 0 Å². The zero-order valence-corrected chi connectivity index (χ0v) is 14.5. The van der Waals surface area contributed by atoms with Crippen molar-refractivity contribution in [1.29, 1.82) is 0 Å². The molecule has 0 spiro atoms. The number of thioether (sulfide) groups is 1. The molecule has 2 rings (SSSR count). The fourth-order valence-corrected chi connectivity index (χ4v) is 4.35. The van der Waals surface area contributed by atoms with Gasteiger partial charge in [0.25, 0.3) is 0 Å². The molecule has 1 aliphatic rings. The number of hydrogen-bond acceptors (Lipinski definition) is 2. The van der Waals surface area contributed by atoms with Crippen molar-refractivity contribution in [2.45, 2.75) is 45.7 Å². The fourth-order valence-electron chi connectivity index (χ4n) is 2.80. The molecule has 19 heavy (non-hydrogen) atoms. The van der Waals surface area contributed by atoms with Crippen LogP contribution in [0.5, 0.6) is 0 Å². The van der Waals surface area contributed by atoms with Crippen molar-refractivity contribution in [2.75, 3.05) is 11.5 Å². The first-order valence-corrected chi connectivity index (χ1v) is 9.04. The Hall–Kier alpha value is 0.01000. The molecule has 2 unspecified atom stereocenters. The quantitative estimate of drug-likeness (QED) is 0.824. The van der Waals surface area contributed by atoms with Crippen molar-refractivity contribution in [3.05, 3.63) is 34.3 Å². The van der Waals surface area contributed by atoms with Crippen molar-refractivity contribution in [1.82, 2.24) is 5.32 Å². The standard InChI is InChI=1S/C16H24BrNS/c1-4-15(12-5-7-13(17)8-6-12)18-14-9-16(2,3)11-19-10-14/h5-8,14-15,18H,4,9-11H2,1-3H3. The lowest BCUT2D eigenvalue weighted by Crippen LogP contribution is -2.41. The molecule has 1 N–H and O–H groups in total. The highest BCUT2D eigenvalue weighted by atomic mass is 79.9. The normalized spacial score (nSPS) is 24.1. The number of rotatable bonds is 4. The Morgan fingerprint density at radius 3 is 2.63 bits per heavy atom. The molecule has 1 fully saturated rings. The van der Waals surface area contributed by atoms with E-state index in [-0.39, 0.29) is 0 Å². The first-order valence-electron chi connectivity index (χ1n) is 7.09. The molecule has 1 aromatic carbocycles. The number of benzene rings is 1. The van der Waals surface area contributed by atoms with Crippen molar-refractivity contribution in [3.8, 4) is 0 Å². The van der Waals surface area contributed by atoms with Gasteiger partial charge in [-0.1, -0.05) is 48.8 Å². The van der Waals surface area contributed by atoms with Crippen LogP contribution in [-0.2, 0) is 0 Å². The van der Waals surface area contributed by atoms with E-state index in [9.17, 15) is 0 Å². The monoisotopic (exact) mass is 341 g/mol. The molecule has 2 atom stereocenters. The Bertz CT molecular complexity index is 402. The third-order valence-electron chi connectivity index (χ3n) is 3.73. The maximum atomic E-state index is 3.86. The van der Waals surface area contributed by atoms with Gasteiger partial charge in [-0.15, -0.1) is 0 Å². The van der Waals surface area contributed by atoms with Crippen LogP contribution in [0.4, 0.5) is 0 Å². The van der Waals surface area contributed by atoms with E-state index in [2.05, 4.69) is 78.0 Å². The molecule has 0 aromatic heterocycles. The lowest BCUT2D eigenvalue weighted by atomic mass is 9.87. The van der Waals surface area contributed by atoms with Crippen LogP contribution in [0.1, 0.15) is 45.2 Å². The Labute approximate surface area is 130 Å². The predicted octanol–water partition coefficient (Wildman–Crippen LogP) is 5.02. The number of halogens is 1. The second-order valence-electron chi connectivity index (χ2n) is 6.26. The summed E-state index contributed by atoms with van der Waals surface area (Å²) in [6, 6.07) is 9.85.